The molecule has 0 unspecified atom stereocenters. The summed E-state index contributed by atoms with van der Waals surface area (Å²) in [5.74, 6) is 0.0481. The number of para-hydroxylation sites is 1. The van der Waals surface area contributed by atoms with Crippen molar-refractivity contribution >= 4 is 50.2 Å². The Labute approximate surface area is 183 Å². The number of carbonyl (C=O) groups is 1. The fourth-order valence-electron chi connectivity index (χ4n) is 3.12. The van der Waals surface area contributed by atoms with E-state index in [-0.39, 0.29) is 22.6 Å². The van der Waals surface area contributed by atoms with Gasteiger partial charge in [0.25, 0.3) is 5.56 Å². The molecule has 0 aliphatic heterocycles. The highest BCUT2D eigenvalue weighted by molar-refractivity contribution is 9.10. The lowest BCUT2D eigenvalue weighted by Crippen LogP contribution is -2.24. The molecule has 1 N–H and O–H groups in total. The van der Waals surface area contributed by atoms with E-state index in [1.807, 2.05) is 43.3 Å². The fourth-order valence-corrected chi connectivity index (χ4v) is 4.35. The zero-order valence-electron chi connectivity index (χ0n) is 17.0. The maximum absolute atomic E-state index is 12.8. The Morgan fingerprint density at radius 1 is 1.21 bits per heavy atom. The van der Waals surface area contributed by atoms with Crippen molar-refractivity contribution in [3.8, 4) is 0 Å². The molecule has 1 amide bonds. The maximum atomic E-state index is 12.8. The molecule has 3 rings (SSSR count). The molecule has 1 aromatic heterocycles. The van der Waals surface area contributed by atoms with Gasteiger partial charge >= 0.3 is 0 Å². The number of nitrogens with zero attached hydrogens (tertiary/aromatic N) is 2. The minimum atomic E-state index is -0.125. The van der Waals surface area contributed by atoms with Gasteiger partial charge in [-0.2, -0.15) is 0 Å². The second-order valence-corrected chi connectivity index (χ2v) is 9.60. The third-order valence-corrected chi connectivity index (χ3v) is 6.01. The van der Waals surface area contributed by atoms with Gasteiger partial charge in [0.05, 0.1) is 16.7 Å². The summed E-state index contributed by atoms with van der Waals surface area (Å²) in [6.07, 6.45) is 0. The molecule has 29 heavy (non-hydrogen) atoms. The number of amides is 1. The molecular formula is C22H24BrN3O2S. The van der Waals surface area contributed by atoms with Crippen LogP contribution in [0.5, 0.6) is 0 Å². The van der Waals surface area contributed by atoms with E-state index >= 15 is 0 Å². The lowest BCUT2D eigenvalue weighted by atomic mass is 9.86. The number of anilines is 1. The van der Waals surface area contributed by atoms with Crippen LogP contribution in [0.15, 0.2) is 56.9 Å². The van der Waals surface area contributed by atoms with E-state index in [0.717, 1.165) is 15.7 Å². The standard InChI is InChI=1S/C22H24BrN3O2S/c1-5-26-20(28)15-12-14(23)10-11-17(15)25-21(26)29-13-19(27)24-18-9-7-6-8-16(18)22(2,3)4/h6-12H,5,13H2,1-4H3,(H,24,27). The second kappa shape index (κ2) is 8.71. The van der Waals surface area contributed by atoms with Gasteiger partial charge in [-0.1, -0.05) is 66.7 Å². The highest BCUT2D eigenvalue weighted by atomic mass is 79.9. The number of benzene rings is 2. The van der Waals surface area contributed by atoms with E-state index in [2.05, 4.69) is 47.0 Å². The normalized spacial score (nSPS) is 11.6. The Bertz CT molecular complexity index is 1120. The zero-order chi connectivity index (χ0) is 21.2. The molecule has 0 bridgehead atoms. The molecule has 5 nitrogen and oxygen atoms in total. The Morgan fingerprint density at radius 3 is 2.62 bits per heavy atom. The Morgan fingerprint density at radius 2 is 1.93 bits per heavy atom. The smallest absolute Gasteiger partial charge is 0.262 e. The minimum Gasteiger partial charge on any atom is -0.325 e. The molecule has 0 atom stereocenters. The summed E-state index contributed by atoms with van der Waals surface area (Å²) in [4.78, 5) is 30.0. The van der Waals surface area contributed by atoms with Crippen LogP contribution in [0, 0.1) is 0 Å². The fraction of sp³-hybridized carbons (Fsp3) is 0.318. The van der Waals surface area contributed by atoms with Gasteiger partial charge in [-0.3, -0.25) is 14.2 Å². The van der Waals surface area contributed by atoms with Crippen molar-refractivity contribution in [1.82, 2.24) is 9.55 Å². The van der Waals surface area contributed by atoms with Crippen molar-refractivity contribution < 1.29 is 4.79 Å². The Balaban J connectivity index is 1.82. The monoisotopic (exact) mass is 473 g/mol. The van der Waals surface area contributed by atoms with Crippen LogP contribution in [-0.4, -0.2) is 21.2 Å². The highest BCUT2D eigenvalue weighted by Gasteiger charge is 2.19. The van der Waals surface area contributed by atoms with Gasteiger partial charge in [-0.05, 0) is 42.2 Å². The van der Waals surface area contributed by atoms with Gasteiger partial charge in [-0.15, -0.1) is 0 Å². The van der Waals surface area contributed by atoms with Crippen molar-refractivity contribution in [3.63, 3.8) is 0 Å². The number of hydrogen-bond acceptors (Lipinski definition) is 4. The maximum Gasteiger partial charge on any atom is 0.262 e. The van der Waals surface area contributed by atoms with Crippen LogP contribution in [0.1, 0.15) is 33.3 Å². The molecule has 0 saturated carbocycles. The zero-order valence-corrected chi connectivity index (χ0v) is 19.4. The molecule has 0 aliphatic carbocycles. The van der Waals surface area contributed by atoms with E-state index in [9.17, 15) is 9.59 Å². The van der Waals surface area contributed by atoms with E-state index in [0.29, 0.717) is 22.6 Å². The predicted molar refractivity (Wildman–Crippen MR) is 124 cm³/mol. The minimum absolute atomic E-state index is 0.0755. The number of fused-ring (bicyclic) bond motifs is 1. The lowest BCUT2D eigenvalue weighted by Gasteiger charge is -2.23. The molecule has 0 saturated heterocycles. The summed E-state index contributed by atoms with van der Waals surface area (Å²) >= 11 is 4.67. The van der Waals surface area contributed by atoms with Gasteiger partial charge in [0.1, 0.15) is 0 Å². The number of halogens is 1. The molecule has 3 aromatic rings. The number of hydrogen-bond donors (Lipinski definition) is 1. The van der Waals surface area contributed by atoms with Crippen LogP contribution < -0.4 is 10.9 Å². The van der Waals surface area contributed by atoms with Gasteiger partial charge < -0.3 is 5.32 Å². The van der Waals surface area contributed by atoms with Crippen LogP contribution in [0.4, 0.5) is 5.69 Å². The molecule has 0 radical (unpaired) electrons. The van der Waals surface area contributed by atoms with Crippen LogP contribution >= 0.6 is 27.7 Å². The highest BCUT2D eigenvalue weighted by Crippen LogP contribution is 2.29. The average Bonchev–Trinajstić information content (AvgIpc) is 2.66. The SMILES string of the molecule is CCn1c(SCC(=O)Nc2ccccc2C(C)(C)C)nc2ccc(Br)cc2c1=O. The molecule has 0 aliphatic rings. The summed E-state index contributed by atoms with van der Waals surface area (Å²) < 4.78 is 2.44. The molecule has 1 heterocycles. The van der Waals surface area contributed by atoms with Crippen molar-refractivity contribution in [1.29, 1.82) is 0 Å². The third kappa shape index (κ3) is 4.90. The molecular weight excluding hydrogens is 450 g/mol. The number of thioether (sulfide) groups is 1. The predicted octanol–water partition coefficient (Wildman–Crippen LogP) is 5.21. The first-order valence-corrected chi connectivity index (χ1v) is 11.2. The van der Waals surface area contributed by atoms with Gasteiger partial charge in [0.2, 0.25) is 5.91 Å². The van der Waals surface area contributed by atoms with E-state index in [1.165, 1.54) is 11.8 Å². The first kappa shape index (κ1) is 21.6. The summed E-state index contributed by atoms with van der Waals surface area (Å²) in [6.45, 7) is 8.74. The molecule has 152 valence electrons. The Hall–Kier alpha value is -2.12. The molecule has 2 aromatic carbocycles. The number of nitrogens with one attached hydrogen (secondary N) is 1. The van der Waals surface area contributed by atoms with Gasteiger partial charge in [0.15, 0.2) is 5.16 Å². The summed E-state index contributed by atoms with van der Waals surface area (Å²) in [5.41, 5.74) is 2.35. The molecule has 0 fully saturated rings. The van der Waals surface area contributed by atoms with E-state index < -0.39 is 0 Å². The number of rotatable bonds is 5. The summed E-state index contributed by atoms with van der Waals surface area (Å²) in [6, 6.07) is 13.3. The quantitative estimate of drug-likeness (QED) is 0.408. The third-order valence-electron chi connectivity index (χ3n) is 4.54. The van der Waals surface area contributed by atoms with Crippen molar-refractivity contribution in [2.45, 2.75) is 44.8 Å². The number of carbonyl (C=O) groups excluding carboxylic acids is 1. The topological polar surface area (TPSA) is 64.0 Å². The summed E-state index contributed by atoms with van der Waals surface area (Å²) in [5, 5.41) is 4.11. The van der Waals surface area contributed by atoms with Crippen molar-refractivity contribution in [3.05, 3.63) is 62.9 Å². The van der Waals surface area contributed by atoms with E-state index in [4.69, 9.17) is 0 Å². The van der Waals surface area contributed by atoms with Crippen molar-refractivity contribution in [2.24, 2.45) is 0 Å². The summed E-state index contributed by atoms with van der Waals surface area (Å²) in [7, 11) is 0. The molecule has 0 spiro atoms. The Kier molecular flexibility index (Phi) is 6.49. The second-order valence-electron chi connectivity index (χ2n) is 7.74. The van der Waals surface area contributed by atoms with Crippen LogP contribution in [-0.2, 0) is 16.8 Å². The first-order chi connectivity index (χ1) is 13.7. The first-order valence-electron chi connectivity index (χ1n) is 9.43. The van der Waals surface area contributed by atoms with Crippen LogP contribution in [0.2, 0.25) is 0 Å². The van der Waals surface area contributed by atoms with Gasteiger partial charge in [0, 0.05) is 16.7 Å². The molecule has 7 heteroatoms. The van der Waals surface area contributed by atoms with Gasteiger partial charge in [-0.25, -0.2) is 4.98 Å². The van der Waals surface area contributed by atoms with Crippen LogP contribution in [0.3, 0.4) is 0 Å². The average molecular weight is 474 g/mol. The van der Waals surface area contributed by atoms with E-state index in [1.54, 1.807) is 10.6 Å². The largest absolute Gasteiger partial charge is 0.325 e. The number of aromatic nitrogens is 2. The lowest BCUT2D eigenvalue weighted by molar-refractivity contribution is -0.113. The van der Waals surface area contributed by atoms with Crippen LogP contribution in [0.25, 0.3) is 10.9 Å². The van der Waals surface area contributed by atoms with Crippen molar-refractivity contribution in [2.75, 3.05) is 11.1 Å².